The molecule has 2 heterocycles. The predicted molar refractivity (Wildman–Crippen MR) is 113 cm³/mol. The number of nitrogens with zero attached hydrogens (tertiary/aromatic N) is 4. The van der Waals surface area contributed by atoms with Gasteiger partial charge >= 0.3 is 0 Å². The van der Waals surface area contributed by atoms with Crippen LogP contribution in [0.5, 0.6) is 0 Å². The van der Waals surface area contributed by atoms with E-state index in [0.29, 0.717) is 23.5 Å². The second-order valence-electron chi connectivity index (χ2n) is 7.85. The van der Waals surface area contributed by atoms with E-state index in [9.17, 15) is 13.7 Å². The molecule has 28 heavy (non-hydrogen) atoms. The molecule has 152 valence electrons. The van der Waals surface area contributed by atoms with Crippen LogP contribution in [-0.2, 0) is 16.6 Å². The van der Waals surface area contributed by atoms with Gasteiger partial charge in [0.15, 0.2) is 5.16 Å². The van der Waals surface area contributed by atoms with E-state index >= 15 is 0 Å². The van der Waals surface area contributed by atoms with Crippen molar-refractivity contribution in [1.29, 1.82) is 5.26 Å². The van der Waals surface area contributed by atoms with Gasteiger partial charge in [-0.2, -0.15) is 9.57 Å². The highest BCUT2D eigenvalue weighted by molar-refractivity contribution is 7.99. The Hall–Kier alpha value is -1.56. The van der Waals surface area contributed by atoms with Crippen molar-refractivity contribution < 1.29 is 8.42 Å². The summed E-state index contributed by atoms with van der Waals surface area (Å²) in [5, 5.41) is 10.1. The van der Waals surface area contributed by atoms with Gasteiger partial charge in [-0.1, -0.05) is 18.2 Å². The lowest BCUT2D eigenvalue weighted by molar-refractivity contribution is 0.346. The number of rotatable bonds is 7. The molecule has 0 atom stereocenters. The van der Waals surface area contributed by atoms with Crippen LogP contribution in [0.3, 0.4) is 0 Å². The number of aromatic nitrogens is 2. The zero-order valence-corrected chi connectivity index (χ0v) is 18.4. The van der Waals surface area contributed by atoms with Crippen LogP contribution in [0.1, 0.15) is 46.5 Å². The highest BCUT2D eigenvalue weighted by atomic mass is 32.2. The largest absolute Gasteiger partial charge is 0.319 e. The zero-order chi connectivity index (χ0) is 20.4. The highest BCUT2D eigenvalue weighted by Gasteiger charge is 2.27. The summed E-state index contributed by atoms with van der Waals surface area (Å²) in [6, 6.07) is 7.60. The number of thioether (sulfide) groups is 1. The molecule has 1 fully saturated rings. The van der Waals surface area contributed by atoms with Gasteiger partial charge in [0.05, 0.1) is 27.4 Å². The second kappa shape index (κ2) is 8.44. The first kappa shape index (κ1) is 21.2. The van der Waals surface area contributed by atoms with Crippen LogP contribution >= 0.6 is 11.8 Å². The van der Waals surface area contributed by atoms with Gasteiger partial charge in [-0.25, -0.2) is 13.4 Å². The molecule has 0 N–H and O–H groups in total. The molecule has 0 radical (unpaired) electrons. The van der Waals surface area contributed by atoms with Crippen LogP contribution in [0.15, 0.2) is 28.3 Å². The van der Waals surface area contributed by atoms with Crippen molar-refractivity contribution >= 4 is 32.8 Å². The summed E-state index contributed by atoms with van der Waals surface area (Å²) < 4.78 is 29.6. The van der Waals surface area contributed by atoms with Crippen LogP contribution in [0, 0.1) is 16.7 Å². The Kier molecular flexibility index (Phi) is 6.37. The third-order valence-electron chi connectivity index (χ3n) is 5.21. The van der Waals surface area contributed by atoms with Gasteiger partial charge in [-0.15, -0.1) is 0 Å². The molecule has 8 heteroatoms. The molecule has 1 aromatic carbocycles. The fraction of sp³-hybridized carbons (Fsp3) is 0.600. The Bertz CT molecular complexity index is 984. The SMILES string of the molecule is CCn1c(SCCC(C)(C)C#N)nc2cc(S(=O)(=O)N3CCCCC3)ccc21. The number of hydrogen-bond donors (Lipinski definition) is 0. The maximum absolute atomic E-state index is 13.0. The topological polar surface area (TPSA) is 79.0 Å². The summed E-state index contributed by atoms with van der Waals surface area (Å²) in [6.07, 6.45) is 3.71. The van der Waals surface area contributed by atoms with Crippen LogP contribution in [-0.4, -0.2) is 41.1 Å². The second-order valence-corrected chi connectivity index (χ2v) is 10.8. The number of nitriles is 1. The third-order valence-corrected chi connectivity index (χ3v) is 8.09. The summed E-state index contributed by atoms with van der Waals surface area (Å²) in [4.78, 5) is 5.03. The molecule has 0 spiro atoms. The molecular formula is C20H28N4O2S2. The van der Waals surface area contributed by atoms with Gasteiger partial charge in [0.1, 0.15) is 0 Å². The van der Waals surface area contributed by atoms with Crippen molar-refractivity contribution in [1.82, 2.24) is 13.9 Å². The molecule has 1 aliphatic heterocycles. The minimum Gasteiger partial charge on any atom is -0.319 e. The number of piperidine rings is 1. The Balaban J connectivity index is 1.87. The van der Waals surface area contributed by atoms with Gasteiger partial charge < -0.3 is 4.57 Å². The minimum atomic E-state index is -3.46. The lowest BCUT2D eigenvalue weighted by Gasteiger charge is -2.25. The van der Waals surface area contributed by atoms with Crippen LogP contribution in [0.4, 0.5) is 0 Å². The van der Waals surface area contributed by atoms with Crippen molar-refractivity contribution in [3.63, 3.8) is 0 Å². The monoisotopic (exact) mass is 420 g/mol. The molecule has 2 aromatic rings. The molecule has 0 bridgehead atoms. The molecule has 0 saturated carbocycles. The third kappa shape index (κ3) is 4.37. The Labute approximate surface area is 172 Å². The Morgan fingerprint density at radius 1 is 1.25 bits per heavy atom. The van der Waals surface area contributed by atoms with E-state index in [1.807, 2.05) is 19.9 Å². The first-order valence-electron chi connectivity index (χ1n) is 9.83. The predicted octanol–water partition coefficient (Wildman–Crippen LogP) is 4.26. The van der Waals surface area contributed by atoms with E-state index < -0.39 is 10.0 Å². The number of sulfonamides is 1. The van der Waals surface area contributed by atoms with Gasteiger partial charge in [-0.05, 0) is 58.2 Å². The number of benzene rings is 1. The maximum atomic E-state index is 13.0. The van der Waals surface area contributed by atoms with E-state index in [0.717, 1.165) is 48.7 Å². The summed E-state index contributed by atoms with van der Waals surface area (Å²) in [5.41, 5.74) is 1.30. The normalized spacial score (nSPS) is 16.4. The van der Waals surface area contributed by atoms with Crippen molar-refractivity contribution in [2.45, 2.75) is 63.1 Å². The molecule has 0 aliphatic carbocycles. The summed E-state index contributed by atoms with van der Waals surface area (Å²) >= 11 is 1.62. The maximum Gasteiger partial charge on any atom is 0.243 e. The summed E-state index contributed by atoms with van der Waals surface area (Å²) in [5.74, 6) is 0.794. The van der Waals surface area contributed by atoms with Crippen molar-refractivity contribution in [3.8, 4) is 6.07 Å². The average Bonchev–Trinajstić information content (AvgIpc) is 3.05. The number of aryl methyl sites for hydroxylation is 1. The number of fused-ring (bicyclic) bond motifs is 1. The molecule has 0 unspecified atom stereocenters. The standard InChI is InChI=1S/C20H28N4O2S2/c1-4-24-18-9-8-16(28(25,26)23-11-6-5-7-12-23)14-17(18)22-19(24)27-13-10-20(2,3)15-21/h8-9,14H,4-7,10-13H2,1-3H3. The molecule has 6 nitrogen and oxygen atoms in total. The Morgan fingerprint density at radius 3 is 2.61 bits per heavy atom. The van der Waals surface area contributed by atoms with Gasteiger partial charge in [0.2, 0.25) is 10.0 Å². The fourth-order valence-electron chi connectivity index (χ4n) is 3.37. The zero-order valence-electron chi connectivity index (χ0n) is 16.8. The summed E-state index contributed by atoms with van der Waals surface area (Å²) in [7, 11) is -3.46. The van der Waals surface area contributed by atoms with Crippen molar-refractivity contribution in [3.05, 3.63) is 18.2 Å². The minimum absolute atomic E-state index is 0.324. The van der Waals surface area contributed by atoms with Crippen molar-refractivity contribution in [2.24, 2.45) is 5.41 Å². The van der Waals surface area contributed by atoms with E-state index in [4.69, 9.17) is 4.98 Å². The average molecular weight is 421 g/mol. The van der Waals surface area contributed by atoms with Crippen LogP contribution in [0.2, 0.25) is 0 Å². The van der Waals surface area contributed by atoms with Crippen molar-refractivity contribution in [2.75, 3.05) is 18.8 Å². The smallest absolute Gasteiger partial charge is 0.243 e. The molecular weight excluding hydrogens is 392 g/mol. The Morgan fingerprint density at radius 2 is 1.96 bits per heavy atom. The number of hydrogen-bond acceptors (Lipinski definition) is 5. The van der Waals surface area contributed by atoms with Gasteiger partial charge in [0, 0.05) is 25.4 Å². The first-order chi connectivity index (χ1) is 13.3. The molecule has 3 rings (SSSR count). The number of imidazole rings is 1. The highest BCUT2D eigenvalue weighted by Crippen LogP contribution is 2.30. The van der Waals surface area contributed by atoms with E-state index in [1.165, 1.54) is 0 Å². The van der Waals surface area contributed by atoms with E-state index in [-0.39, 0.29) is 5.41 Å². The summed E-state index contributed by atoms with van der Waals surface area (Å²) in [6.45, 7) is 7.89. The molecule has 1 saturated heterocycles. The first-order valence-corrected chi connectivity index (χ1v) is 12.3. The van der Waals surface area contributed by atoms with Crippen LogP contribution in [0.25, 0.3) is 11.0 Å². The van der Waals surface area contributed by atoms with Gasteiger partial charge in [-0.3, -0.25) is 0 Å². The molecule has 0 amide bonds. The quantitative estimate of drug-likeness (QED) is 0.625. The van der Waals surface area contributed by atoms with E-state index in [1.54, 1.807) is 28.2 Å². The van der Waals surface area contributed by atoms with Gasteiger partial charge in [0.25, 0.3) is 0 Å². The van der Waals surface area contributed by atoms with E-state index in [2.05, 4.69) is 17.6 Å². The van der Waals surface area contributed by atoms with Crippen LogP contribution < -0.4 is 0 Å². The lowest BCUT2D eigenvalue weighted by atomic mass is 9.93. The fourth-order valence-corrected chi connectivity index (χ4v) is 6.25. The molecule has 1 aromatic heterocycles. The lowest BCUT2D eigenvalue weighted by Crippen LogP contribution is -2.35. The molecule has 1 aliphatic rings.